The van der Waals surface area contributed by atoms with Crippen LogP contribution in [0.25, 0.3) is 22.0 Å². The first-order chi connectivity index (χ1) is 14.1. The van der Waals surface area contributed by atoms with Crippen molar-refractivity contribution >= 4 is 34.1 Å². The number of nitrogens with zero attached hydrogens (tertiary/aromatic N) is 3. The smallest absolute Gasteiger partial charge is 0.150 e. The Labute approximate surface area is 168 Å². The largest absolute Gasteiger partial charge is 0.396 e. The molecule has 0 atom stereocenters. The van der Waals surface area contributed by atoms with Gasteiger partial charge in [-0.3, -0.25) is 9.78 Å². The number of nitrogens with two attached hydrogens (primary N) is 1. The number of nitrogen functional groups attached to an aromatic ring is 1. The lowest BCUT2D eigenvalue weighted by molar-refractivity contribution is 0.112. The first kappa shape index (κ1) is 18.5. The molecule has 0 saturated carbocycles. The maximum atomic E-state index is 11.5. The lowest BCUT2D eigenvalue weighted by Gasteiger charge is -2.08. The number of aryl methyl sites for hydroxylation is 1. The van der Waals surface area contributed by atoms with Crippen LogP contribution >= 0.6 is 0 Å². The number of fused-ring (bicyclic) bond motifs is 1. The van der Waals surface area contributed by atoms with Gasteiger partial charge in [-0.2, -0.15) is 0 Å². The molecule has 4 aromatic rings. The minimum atomic E-state index is 0.462. The van der Waals surface area contributed by atoms with Gasteiger partial charge in [0.1, 0.15) is 11.4 Å². The van der Waals surface area contributed by atoms with E-state index >= 15 is 0 Å². The Bertz CT molecular complexity index is 1240. The molecule has 0 fully saturated rings. The van der Waals surface area contributed by atoms with E-state index in [9.17, 15) is 4.79 Å². The summed E-state index contributed by atoms with van der Waals surface area (Å²) in [4.78, 5) is 16.0. The van der Waals surface area contributed by atoms with Crippen LogP contribution in [0.4, 0.5) is 17.1 Å². The summed E-state index contributed by atoms with van der Waals surface area (Å²) in [5.74, 6) is 0. The fourth-order valence-electron chi connectivity index (χ4n) is 3.34. The topological polar surface area (TPSA) is 80.7 Å². The number of anilines is 1. The molecule has 0 aliphatic heterocycles. The van der Waals surface area contributed by atoms with E-state index < -0.39 is 0 Å². The molecule has 0 radical (unpaired) electrons. The number of hydrogen-bond acceptors (Lipinski definition) is 5. The summed E-state index contributed by atoms with van der Waals surface area (Å²) >= 11 is 0. The van der Waals surface area contributed by atoms with Crippen LogP contribution in [0, 0.1) is 13.8 Å². The van der Waals surface area contributed by atoms with Crippen molar-refractivity contribution in [2.45, 2.75) is 13.8 Å². The van der Waals surface area contributed by atoms with Crippen LogP contribution < -0.4 is 5.73 Å². The second-order valence-electron chi connectivity index (χ2n) is 6.91. The summed E-state index contributed by atoms with van der Waals surface area (Å²) < 4.78 is 0. The van der Waals surface area contributed by atoms with Gasteiger partial charge in [-0.25, -0.2) is 0 Å². The van der Waals surface area contributed by atoms with Gasteiger partial charge >= 0.3 is 0 Å². The van der Waals surface area contributed by atoms with Gasteiger partial charge in [-0.05, 0) is 48.6 Å². The zero-order valence-corrected chi connectivity index (χ0v) is 16.3. The molecule has 1 aromatic heterocycles. The van der Waals surface area contributed by atoms with Crippen molar-refractivity contribution < 1.29 is 4.79 Å². The highest BCUT2D eigenvalue weighted by Gasteiger charge is 2.09. The van der Waals surface area contributed by atoms with Crippen LogP contribution in [-0.2, 0) is 0 Å². The third kappa shape index (κ3) is 3.50. The molecule has 4 rings (SSSR count). The molecule has 142 valence electrons. The van der Waals surface area contributed by atoms with Crippen LogP contribution in [0.15, 0.2) is 77.1 Å². The molecule has 0 unspecified atom stereocenters. The molecule has 5 heteroatoms. The third-order valence-electron chi connectivity index (χ3n) is 5.13. The summed E-state index contributed by atoms with van der Waals surface area (Å²) in [5.41, 5.74) is 12.8. The summed E-state index contributed by atoms with van der Waals surface area (Å²) in [5, 5.41) is 10.1. The predicted octanol–water partition coefficient (Wildman–Crippen LogP) is 6.33. The molecular formula is C24H20N4O. The van der Waals surface area contributed by atoms with E-state index in [0.29, 0.717) is 22.6 Å². The van der Waals surface area contributed by atoms with Crippen molar-refractivity contribution in [3.63, 3.8) is 0 Å². The van der Waals surface area contributed by atoms with E-state index in [1.165, 1.54) is 11.1 Å². The molecule has 0 amide bonds. The fraction of sp³-hybridized carbons (Fsp3) is 0.0833. The maximum Gasteiger partial charge on any atom is 0.150 e. The van der Waals surface area contributed by atoms with E-state index in [4.69, 9.17) is 5.73 Å². The van der Waals surface area contributed by atoms with Gasteiger partial charge in [-0.15, -0.1) is 10.2 Å². The van der Waals surface area contributed by atoms with Gasteiger partial charge in [0.25, 0.3) is 0 Å². The van der Waals surface area contributed by atoms with Crippen molar-refractivity contribution in [1.29, 1.82) is 0 Å². The second-order valence-corrected chi connectivity index (χ2v) is 6.91. The Morgan fingerprint density at radius 2 is 1.72 bits per heavy atom. The Balaban J connectivity index is 1.67. The second kappa shape index (κ2) is 7.64. The van der Waals surface area contributed by atoms with Crippen molar-refractivity contribution in [2.75, 3.05) is 5.73 Å². The fourth-order valence-corrected chi connectivity index (χ4v) is 3.34. The Hall–Kier alpha value is -3.86. The molecule has 3 aromatic carbocycles. The quantitative estimate of drug-likeness (QED) is 0.255. The number of aldehydes is 1. The Kier molecular flexibility index (Phi) is 4.87. The average molecular weight is 380 g/mol. The Morgan fingerprint density at radius 3 is 2.45 bits per heavy atom. The number of rotatable bonds is 4. The number of azo groups is 1. The van der Waals surface area contributed by atoms with Crippen LogP contribution in [0.5, 0.6) is 0 Å². The van der Waals surface area contributed by atoms with E-state index in [0.717, 1.165) is 28.3 Å². The van der Waals surface area contributed by atoms with E-state index in [1.807, 2.05) is 42.5 Å². The van der Waals surface area contributed by atoms with Gasteiger partial charge in [0.15, 0.2) is 6.29 Å². The number of carbonyl (C=O) groups is 1. The van der Waals surface area contributed by atoms with Crippen LogP contribution in [0.2, 0.25) is 0 Å². The van der Waals surface area contributed by atoms with Crippen LogP contribution in [0.3, 0.4) is 0 Å². The monoisotopic (exact) mass is 380 g/mol. The number of pyridine rings is 1. The van der Waals surface area contributed by atoms with E-state index in [1.54, 1.807) is 12.3 Å². The summed E-state index contributed by atoms with van der Waals surface area (Å²) in [6.07, 6.45) is 2.49. The highest BCUT2D eigenvalue weighted by atomic mass is 16.1. The first-order valence-corrected chi connectivity index (χ1v) is 9.29. The van der Waals surface area contributed by atoms with E-state index in [2.05, 4.69) is 41.2 Å². The minimum Gasteiger partial charge on any atom is -0.396 e. The SMILES string of the molecule is Cc1cccc(-c2ccc(N=Nc3cc(C=O)c4ccccc4c3N)cn2)c1C. The molecule has 1 heterocycles. The molecule has 0 spiro atoms. The molecule has 0 saturated heterocycles. The van der Waals surface area contributed by atoms with Crippen LogP contribution in [-0.4, -0.2) is 11.3 Å². The lowest BCUT2D eigenvalue weighted by Crippen LogP contribution is -1.92. The summed E-state index contributed by atoms with van der Waals surface area (Å²) in [6.45, 7) is 4.18. The standard InChI is InChI=1S/C24H20N4O/c1-15-6-5-9-19(16(15)2)22-11-10-18(13-26-22)27-28-23-12-17(14-29)20-7-3-4-8-21(20)24(23)25/h3-14H,25H2,1-2H3. The first-order valence-electron chi connectivity index (χ1n) is 9.29. The summed E-state index contributed by atoms with van der Waals surface area (Å²) in [6, 6.07) is 19.1. The Morgan fingerprint density at radius 1 is 0.931 bits per heavy atom. The lowest BCUT2D eigenvalue weighted by atomic mass is 10.0. The molecule has 29 heavy (non-hydrogen) atoms. The molecular weight excluding hydrogens is 360 g/mol. The van der Waals surface area contributed by atoms with Gasteiger partial charge in [-0.1, -0.05) is 42.5 Å². The van der Waals surface area contributed by atoms with Crippen molar-refractivity contribution in [3.8, 4) is 11.3 Å². The number of benzene rings is 3. The minimum absolute atomic E-state index is 0.462. The normalized spacial score (nSPS) is 11.2. The molecule has 5 nitrogen and oxygen atoms in total. The highest BCUT2D eigenvalue weighted by molar-refractivity contribution is 6.07. The number of aromatic nitrogens is 1. The van der Waals surface area contributed by atoms with E-state index in [-0.39, 0.29) is 0 Å². The number of carbonyl (C=O) groups excluding carboxylic acids is 1. The van der Waals surface area contributed by atoms with Crippen molar-refractivity contribution in [3.05, 3.63) is 83.6 Å². The molecule has 0 bridgehead atoms. The molecule has 2 N–H and O–H groups in total. The van der Waals surface area contributed by atoms with Gasteiger partial charge < -0.3 is 5.73 Å². The average Bonchev–Trinajstić information content (AvgIpc) is 2.76. The molecule has 0 aliphatic carbocycles. The van der Waals surface area contributed by atoms with Crippen molar-refractivity contribution in [2.24, 2.45) is 10.2 Å². The third-order valence-corrected chi connectivity index (χ3v) is 5.13. The van der Waals surface area contributed by atoms with Crippen molar-refractivity contribution in [1.82, 2.24) is 4.98 Å². The van der Waals surface area contributed by atoms with Gasteiger partial charge in [0.05, 0.1) is 17.6 Å². The molecule has 0 aliphatic rings. The maximum absolute atomic E-state index is 11.5. The zero-order chi connectivity index (χ0) is 20.4. The highest BCUT2D eigenvalue weighted by Crippen LogP contribution is 2.34. The van der Waals surface area contributed by atoms with Crippen LogP contribution in [0.1, 0.15) is 21.5 Å². The number of hydrogen-bond donors (Lipinski definition) is 1. The summed E-state index contributed by atoms with van der Waals surface area (Å²) in [7, 11) is 0. The predicted molar refractivity (Wildman–Crippen MR) is 117 cm³/mol. The van der Waals surface area contributed by atoms with Gasteiger partial charge in [0.2, 0.25) is 0 Å². The van der Waals surface area contributed by atoms with Gasteiger partial charge in [0, 0.05) is 16.5 Å². The zero-order valence-electron chi connectivity index (χ0n) is 16.3.